The monoisotopic (exact) mass is 408 g/mol. The SMILES string of the molecule is CCOCC1(CCc2ccccc2)CCN(Cc2ccc3c(c2)OCC(=O)N3)CC1. The molecule has 30 heavy (non-hydrogen) atoms. The van der Waals surface area contributed by atoms with Crippen molar-refractivity contribution in [1.29, 1.82) is 0 Å². The topological polar surface area (TPSA) is 50.8 Å². The molecule has 0 radical (unpaired) electrons. The molecule has 5 heteroatoms. The highest BCUT2D eigenvalue weighted by molar-refractivity contribution is 5.95. The van der Waals surface area contributed by atoms with E-state index in [9.17, 15) is 4.79 Å². The van der Waals surface area contributed by atoms with Crippen molar-refractivity contribution in [2.45, 2.75) is 39.2 Å². The number of aryl methyl sites for hydroxylation is 1. The highest BCUT2D eigenvalue weighted by atomic mass is 16.5. The van der Waals surface area contributed by atoms with Gasteiger partial charge in [0.1, 0.15) is 5.75 Å². The first-order valence-corrected chi connectivity index (χ1v) is 11.1. The summed E-state index contributed by atoms with van der Waals surface area (Å²) in [5, 5.41) is 2.86. The summed E-state index contributed by atoms with van der Waals surface area (Å²) in [5.41, 5.74) is 3.68. The number of nitrogens with one attached hydrogen (secondary N) is 1. The minimum atomic E-state index is -0.0904. The number of nitrogens with zero attached hydrogens (tertiary/aromatic N) is 1. The molecule has 5 nitrogen and oxygen atoms in total. The Morgan fingerprint density at radius 3 is 2.67 bits per heavy atom. The number of benzene rings is 2. The van der Waals surface area contributed by atoms with Gasteiger partial charge in [-0.3, -0.25) is 9.69 Å². The number of fused-ring (bicyclic) bond motifs is 1. The van der Waals surface area contributed by atoms with Crippen LogP contribution in [0.2, 0.25) is 0 Å². The number of ether oxygens (including phenoxy) is 2. The molecule has 160 valence electrons. The van der Waals surface area contributed by atoms with E-state index in [0.717, 1.165) is 63.5 Å². The Hall–Kier alpha value is -2.37. The van der Waals surface area contributed by atoms with Crippen molar-refractivity contribution in [3.8, 4) is 5.75 Å². The first-order valence-electron chi connectivity index (χ1n) is 11.1. The van der Waals surface area contributed by atoms with Crippen molar-refractivity contribution < 1.29 is 14.3 Å². The minimum absolute atomic E-state index is 0.0904. The first-order chi connectivity index (χ1) is 14.7. The highest BCUT2D eigenvalue weighted by Gasteiger charge is 2.34. The molecule has 2 aromatic carbocycles. The molecule has 0 bridgehead atoms. The van der Waals surface area contributed by atoms with E-state index in [2.05, 4.69) is 59.6 Å². The summed E-state index contributed by atoms with van der Waals surface area (Å²) in [6, 6.07) is 16.9. The van der Waals surface area contributed by atoms with Crippen LogP contribution >= 0.6 is 0 Å². The van der Waals surface area contributed by atoms with Crippen LogP contribution in [0.1, 0.15) is 37.3 Å². The number of anilines is 1. The van der Waals surface area contributed by atoms with E-state index < -0.39 is 0 Å². The number of carbonyl (C=O) groups excluding carboxylic acids is 1. The standard InChI is InChI=1S/C25H32N2O3/c1-2-29-19-25(11-10-20-6-4-3-5-7-20)12-14-27(15-13-25)17-21-8-9-22-23(16-21)30-18-24(28)26-22/h3-9,16H,2,10-15,17-19H2,1H3,(H,26,28). The zero-order valence-electron chi connectivity index (χ0n) is 17.9. The summed E-state index contributed by atoms with van der Waals surface area (Å²) >= 11 is 0. The van der Waals surface area contributed by atoms with Gasteiger partial charge < -0.3 is 14.8 Å². The molecule has 0 spiro atoms. The lowest BCUT2D eigenvalue weighted by Crippen LogP contribution is -2.42. The Labute approximate surface area is 179 Å². The van der Waals surface area contributed by atoms with E-state index in [4.69, 9.17) is 9.47 Å². The summed E-state index contributed by atoms with van der Waals surface area (Å²) in [4.78, 5) is 14.0. The highest BCUT2D eigenvalue weighted by Crippen LogP contribution is 2.37. The van der Waals surface area contributed by atoms with Crippen molar-refractivity contribution in [2.24, 2.45) is 5.41 Å². The van der Waals surface area contributed by atoms with Crippen molar-refractivity contribution in [1.82, 2.24) is 4.90 Å². The molecule has 0 unspecified atom stereocenters. The van der Waals surface area contributed by atoms with Gasteiger partial charge in [-0.25, -0.2) is 0 Å². The lowest BCUT2D eigenvalue weighted by molar-refractivity contribution is -0.118. The summed E-state index contributed by atoms with van der Waals surface area (Å²) in [5.74, 6) is 0.685. The molecule has 0 aromatic heterocycles. The molecule has 1 saturated heterocycles. The summed E-state index contributed by atoms with van der Waals surface area (Å²) in [7, 11) is 0. The maximum absolute atomic E-state index is 11.5. The minimum Gasteiger partial charge on any atom is -0.482 e. The van der Waals surface area contributed by atoms with Gasteiger partial charge in [-0.2, -0.15) is 0 Å². The van der Waals surface area contributed by atoms with Crippen molar-refractivity contribution >= 4 is 11.6 Å². The lowest BCUT2D eigenvalue weighted by atomic mass is 9.74. The Kier molecular flexibility index (Phi) is 6.70. The molecule has 0 aliphatic carbocycles. The summed E-state index contributed by atoms with van der Waals surface area (Å²) in [6.07, 6.45) is 4.62. The normalized spacial score (nSPS) is 18.4. The lowest BCUT2D eigenvalue weighted by Gasteiger charge is -2.42. The van der Waals surface area contributed by atoms with E-state index in [-0.39, 0.29) is 17.9 Å². The summed E-state index contributed by atoms with van der Waals surface area (Å²) < 4.78 is 11.5. The van der Waals surface area contributed by atoms with E-state index in [0.29, 0.717) is 0 Å². The largest absolute Gasteiger partial charge is 0.482 e. The molecule has 1 amide bonds. The van der Waals surface area contributed by atoms with Crippen LogP contribution in [0.4, 0.5) is 5.69 Å². The quantitative estimate of drug-likeness (QED) is 0.709. The fourth-order valence-corrected chi connectivity index (χ4v) is 4.50. The average Bonchev–Trinajstić information content (AvgIpc) is 2.79. The maximum Gasteiger partial charge on any atom is 0.262 e. The molecule has 0 saturated carbocycles. The van der Waals surface area contributed by atoms with Gasteiger partial charge in [0, 0.05) is 13.2 Å². The van der Waals surface area contributed by atoms with Gasteiger partial charge >= 0.3 is 0 Å². The maximum atomic E-state index is 11.5. The molecule has 4 rings (SSSR count). The zero-order valence-corrected chi connectivity index (χ0v) is 17.9. The van der Waals surface area contributed by atoms with Crippen molar-refractivity contribution in [2.75, 3.05) is 38.2 Å². The predicted octanol–water partition coefficient (Wildman–Crippen LogP) is 4.27. The number of likely N-dealkylation sites (tertiary alicyclic amines) is 1. The van der Waals surface area contributed by atoms with Crippen LogP contribution in [-0.4, -0.2) is 43.7 Å². The molecule has 1 fully saturated rings. The van der Waals surface area contributed by atoms with Gasteiger partial charge in [-0.1, -0.05) is 36.4 Å². The van der Waals surface area contributed by atoms with Crippen LogP contribution in [0.5, 0.6) is 5.75 Å². The number of rotatable bonds is 8. The Morgan fingerprint density at radius 2 is 1.90 bits per heavy atom. The second-order valence-electron chi connectivity index (χ2n) is 8.57. The van der Waals surface area contributed by atoms with E-state index in [1.165, 1.54) is 17.5 Å². The molecule has 2 aliphatic heterocycles. The Morgan fingerprint density at radius 1 is 1.10 bits per heavy atom. The Balaban J connectivity index is 1.35. The van der Waals surface area contributed by atoms with Crippen molar-refractivity contribution in [3.05, 3.63) is 59.7 Å². The van der Waals surface area contributed by atoms with Gasteiger partial charge in [0.05, 0.1) is 12.3 Å². The Bertz CT molecular complexity index is 845. The smallest absolute Gasteiger partial charge is 0.262 e. The van der Waals surface area contributed by atoms with Gasteiger partial charge in [0.25, 0.3) is 5.91 Å². The van der Waals surface area contributed by atoms with Gasteiger partial charge in [-0.05, 0) is 74.4 Å². The van der Waals surface area contributed by atoms with Crippen LogP contribution in [0.15, 0.2) is 48.5 Å². The number of piperidine rings is 1. The number of amides is 1. The number of carbonyl (C=O) groups is 1. The summed E-state index contributed by atoms with van der Waals surface area (Å²) in [6.45, 7) is 6.89. The van der Waals surface area contributed by atoms with Crippen LogP contribution in [-0.2, 0) is 22.5 Å². The molecular formula is C25H32N2O3. The zero-order chi connectivity index (χ0) is 20.8. The molecular weight excluding hydrogens is 376 g/mol. The fraction of sp³-hybridized carbons (Fsp3) is 0.480. The molecule has 2 aromatic rings. The predicted molar refractivity (Wildman–Crippen MR) is 119 cm³/mol. The second-order valence-corrected chi connectivity index (χ2v) is 8.57. The third kappa shape index (κ3) is 5.21. The average molecular weight is 409 g/mol. The fourth-order valence-electron chi connectivity index (χ4n) is 4.50. The molecule has 2 heterocycles. The molecule has 1 N–H and O–H groups in total. The van der Waals surface area contributed by atoms with Crippen LogP contribution in [0.25, 0.3) is 0 Å². The molecule has 2 aliphatic rings. The van der Waals surface area contributed by atoms with Gasteiger partial charge in [0.15, 0.2) is 6.61 Å². The van der Waals surface area contributed by atoms with Crippen LogP contribution in [0, 0.1) is 5.41 Å². The third-order valence-corrected chi connectivity index (χ3v) is 6.40. The number of hydrogen-bond acceptors (Lipinski definition) is 4. The van der Waals surface area contributed by atoms with Crippen molar-refractivity contribution in [3.63, 3.8) is 0 Å². The number of hydrogen-bond donors (Lipinski definition) is 1. The first kappa shape index (κ1) is 20.9. The van der Waals surface area contributed by atoms with Crippen LogP contribution < -0.4 is 10.1 Å². The van der Waals surface area contributed by atoms with E-state index >= 15 is 0 Å². The van der Waals surface area contributed by atoms with Gasteiger partial charge in [0.2, 0.25) is 0 Å². The third-order valence-electron chi connectivity index (χ3n) is 6.40. The van der Waals surface area contributed by atoms with E-state index in [1.54, 1.807) is 0 Å². The second kappa shape index (κ2) is 9.63. The van der Waals surface area contributed by atoms with Gasteiger partial charge in [-0.15, -0.1) is 0 Å². The van der Waals surface area contributed by atoms with Crippen LogP contribution in [0.3, 0.4) is 0 Å². The van der Waals surface area contributed by atoms with E-state index in [1.807, 2.05) is 6.07 Å². The molecule has 0 atom stereocenters.